The Labute approximate surface area is 175 Å². The molecule has 2 fully saturated rings. The van der Waals surface area contributed by atoms with E-state index in [0.29, 0.717) is 5.92 Å². The topological polar surface area (TPSA) is 91.1 Å². The summed E-state index contributed by atoms with van der Waals surface area (Å²) in [4.78, 5) is 23.0. The van der Waals surface area contributed by atoms with Crippen LogP contribution >= 0.6 is 0 Å². The van der Waals surface area contributed by atoms with Crippen molar-refractivity contribution in [1.29, 1.82) is 5.26 Å². The number of fused-ring (bicyclic) bond motifs is 1. The maximum Gasteiger partial charge on any atom is 0.225 e. The van der Waals surface area contributed by atoms with E-state index in [2.05, 4.69) is 30.8 Å². The second-order valence-corrected chi connectivity index (χ2v) is 7.85. The van der Waals surface area contributed by atoms with Gasteiger partial charge in [-0.05, 0) is 31.0 Å². The number of hydrogen-bond donors (Lipinski definition) is 0. The molecule has 0 bridgehead atoms. The fourth-order valence-corrected chi connectivity index (χ4v) is 4.19. The van der Waals surface area contributed by atoms with Crippen molar-refractivity contribution in [3.8, 4) is 11.8 Å². The van der Waals surface area contributed by atoms with Crippen molar-refractivity contribution in [2.45, 2.75) is 18.8 Å². The first kappa shape index (κ1) is 18.6. The minimum absolute atomic E-state index is 0.158. The number of hydrogen-bond acceptors (Lipinski definition) is 8. The van der Waals surface area contributed by atoms with Crippen molar-refractivity contribution in [3.05, 3.63) is 42.5 Å². The summed E-state index contributed by atoms with van der Waals surface area (Å²) >= 11 is 0. The number of benzene rings is 1. The summed E-state index contributed by atoms with van der Waals surface area (Å²) < 4.78 is 5.27. The minimum Gasteiger partial charge on any atom is -0.497 e. The molecule has 0 aliphatic carbocycles. The maximum atomic E-state index is 9.15. The first-order valence-electron chi connectivity index (χ1n) is 10.3. The predicted octanol–water partition coefficient (Wildman–Crippen LogP) is 2.77. The van der Waals surface area contributed by atoms with E-state index in [4.69, 9.17) is 15.0 Å². The first-order valence-corrected chi connectivity index (χ1v) is 10.3. The molecule has 152 valence electrons. The van der Waals surface area contributed by atoms with E-state index in [1.54, 1.807) is 19.5 Å². The number of anilines is 2. The van der Waals surface area contributed by atoms with Crippen molar-refractivity contribution < 1.29 is 4.74 Å². The molecule has 0 saturated carbocycles. The normalized spacial score (nSPS) is 17.6. The summed E-state index contributed by atoms with van der Waals surface area (Å²) in [6.45, 7) is 3.36. The molecule has 2 saturated heterocycles. The third-order valence-electron chi connectivity index (χ3n) is 6.01. The van der Waals surface area contributed by atoms with Crippen LogP contribution in [-0.4, -0.2) is 53.2 Å². The van der Waals surface area contributed by atoms with E-state index < -0.39 is 0 Å². The van der Waals surface area contributed by atoms with Gasteiger partial charge in [0, 0.05) is 62.0 Å². The van der Waals surface area contributed by atoms with Gasteiger partial charge < -0.3 is 14.5 Å². The summed E-state index contributed by atoms with van der Waals surface area (Å²) in [5.41, 5.74) is 1.94. The van der Waals surface area contributed by atoms with Crippen LogP contribution in [0.2, 0.25) is 0 Å². The molecule has 0 unspecified atom stereocenters. The zero-order valence-corrected chi connectivity index (χ0v) is 16.9. The average Bonchev–Trinajstić information content (AvgIpc) is 2.78. The van der Waals surface area contributed by atoms with Crippen molar-refractivity contribution >= 4 is 22.7 Å². The molecule has 30 heavy (non-hydrogen) atoms. The number of piperidine rings is 1. The molecule has 0 N–H and O–H groups in total. The lowest BCUT2D eigenvalue weighted by Crippen LogP contribution is -2.47. The molecule has 4 heterocycles. The Morgan fingerprint density at radius 1 is 1.07 bits per heavy atom. The molecule has 0 spiro atoms. The highest BCUT2D eigenvalue weighted by Crippen LogP contribution is 2.34. The number of rotatable bonds is 4. The Morgan fingerprint density at radius 3 is 2.63 bits per heavy atom. The molecule has 1 aromatic carbocycles. The fraction of sp³-hybridized carbons (Fsp3) is 0.409. The molecular weight excluding hydrogens is 378 g/mol. The van der Waals surface area contributed by atoms with Crippen LogP contribution in [0.15, 0.2) is 36.8 Å². The molecule has 8 heteroatoms. The van der Waals surface area contributed by atoms with Gasteiger partial charge in [0.05, 0.1) is 24.4 Å². The second-order valence-electron chi connectivity index (χ2n) is 7.85. The fourth-order valence-electron chi connectivity index (χ4n) is 4.19. The van der Waals surface area contributed by atoms with Gasteiger partial charge in [-0.3, -0.25) is 4.98 Å². The zero-order valence-electron chi connectivity index (χ0n) is 16.9. The van der Waals surface area contributed by atoms with Gasteiger partial charge in [0.25, 0.3) is 0 Å². The van der Waals surface area contributed by atoms with Crippen LogP contribution in [0, 0.1) is 17.2 Å². The van der Waals surface area contributed by atoms with Crippen LogP contribution in [0.3, 0.4) is 0 Å². The number of aromatic nitrogens is 4. The Bertz CT molecular complexity index is 1100. The third-order valence-corrected chi connectivity index (χ3v) is 6.01. The van der Waals surface area contributed by atoms with Crippen LogP contribution < -0.4 is 14.5 Å². The van der Waals surface area contributed by atoms with E-state index >= 15 is 0 Å². The van der Waals surface area contributed by atoms with Gasteiger partial charge in [0.2, 0.25) is 5.95 Å². The highest BCUT2D eigenvalue weighted by atomic mass is 16.5. The van der Waals surface area contributed by atoms with Gasteiger partial charge in [-0.1, -0.05) is 0 Å². The van der Waals surface area contributed by atoms with E-state index in [1.165, 1.54) is 0 Å². The van der Waals surface area contributed by atoms with E-state index in [0.717, 1.165) is 73.1 Å². The third kappa shape index (κ3) is 3.36. The molecule has 2 aromatic heterocycles. The number of nitriles is 1. The molecular formula is C22H23N7O. The molecule has 2 aliphatic heterocycles. The second kappa shape index (κ2) is 7.75. The van der Waals surface area contributed by atoms with E-state index in [9.17, 15) is 0 Å². The minimum atomic E-state index is 0.158. The van der Waals surface area contributed by atoms with Crippen LogP contribution in [-0.2, 0) is 0 Å². The summed E-state index contributed by atoms with van der Waals surface area (Å²) in [6.07, 6.45) is 7.15. The zero-order chi connectivity index (χ0) is 20.5. The Morgan fingerprint density at radius 2 is 1.87 bits per heavy atom. The van der Waals surface area contributed by atoms with Gasteiger partial charge in [-0.2, -0.15) is 5.26 Å². The monoisotopic (exact) mass is 401 g/mol. The Kier molecular flexibility index (Phi) is 4.79. The first-order chi connectivity index (χ1) is 14.7. The predicted molar refractivity (Wildman–Crippen MR) is 114 cm³/mol. The van der Waals surface area contributed by atoms with Crippen LogP contribution in [0.5, 0.6) is 5.75 Å². The Balaban J connectivity index is 1.30. The molecule has 5 rings (SSSR count). The standard InChI is InChI=1S/C22H23N7O/c1-30-18-2-3-19-16(10-18)12-26-22(27-19)29-13-17(14-29)20-21(25-7-6-24-20)28-8-4-15(11-23)5-9-28/h2-3,6-7,10,12,15,17H,4-5,8-9,13-14H2,1H3. The average molecular weight is 401 g/mol. The van der Waals surface area contributed by atoms with Crippen molar-refractivity contribution in [2.24, 2.45) is 5.92 Å². The molecule has 0 atom stereocenters. The number of methoxy groups -OCH3 is 1. The van der Waals surface area contributed by atoms with E-state index in [1.807, 2.05) is 24.4 Å². The van der Waals surface area contributed by atoms with Crippen molar-refractivity contribution in [2.75, 3.05) is 43.1 Å². The van der Waals surface area contributed by atoms with Gasteiger partial charge in [-0.25, -0.2) is 15.0 Å². The maximum absolute atomic E-state index is 9.15. The van der Waals surface area contributed by atoms with Gasteiger partial charge in [-0.15, -0.1) is 0 Å². The lowest BCUT2D eigenvalue weighted by Gasteiger charge is -2.40. The molecule has 0 amide bonds. The quantitative estimate of drug-likeness (QED) is 0.659. The van der Waals surface area contributed by atoms with Crippen LogP contribution in [0.1, 0.15) is 24.5 Å². The molecule has 8 nitrogen and oxygen atoms in total. The number of ether oxygens (including phenoxy) is 1. The lowest BCUT2D eigenvalue weighted by atomic mass is 9.94. The van der Waals surface area contributed by atoms with Crippen LogP contribution in [0.4, 0.5) is 11.8 Å². The Hall–Kier alpha value is -3.47. The molecule has 2 aliphatic rings. The van der Waals surface area contributed by atoms with Gasteiger partial charge in [0.15, 0.2) is 5.82 Å². The summed E-state index contributed by atoms with van der Waals surface area (Å²) in [6, 6.07) is 8.21. The molecule has 0 radical (unpaired) electrons. The van der Waals surface area contributed by atoms with Gasteiger partial charge in [0.1, 0.15) is 5.75 Å². The van der Waals surface area contributed by atoms with E-state index in [-0.39, 0.29) is 5.92 Å². The highest BCUT2D eigenvalue weighted by Gasteiger charge is 2.34. The largest absolute Gasteiger partial charge is 0.497 e. The van der Waals surface area contributed by atoms with Gasteiger partial charge >= 0.3 is 0 Å². The van der Waals surface area contributed by atoms with Crippen molar-refractivity contribution in [3.63, 3.8) is 0 Å². The number of nitrogens with zero attached hydrogens (tertiary/aromatic N) is 7. The SMILES string of the molecule is COc1ccc2nc(N3CC(c4nccnc4N4CCC(C#N)CC4)C3)ncc2c1. The molecule has 3 aromatic rings. The summed E-state index contributed by atoms with van der Waals surface area (Å²) in [5, 5.41) is 10.1. The highest BCUT2D eigenvalue weighted by molar-refractivity contribution is 5.80. The van der Waals surface area contributed by atoms with Crippen LogP contribution in [0.25, 0.3) is 10.9 Å². The lowest BCUT2D eigenvalue weighted by molar-refractivity contribution is 0.415. The summed E-state index contributed by atoms with van der Waals surface area (Å²) in [5.74, 6) is 2.97. The summed E-state index contributed by atoms with van der Waals surface area (Å²) in [7, 11) is 1.66. The smallest absolute Gasteiger partial charge is 0.225 e. The van der Waals surface area contributed by atoms with Crippen molar-refractivity contribution in [1.82, 2.24) is 19.9 Å².